The first-order chi connectivity index (χ1) is 11.4. The molecule has 0 unspecified atom stereocenters. The molecule has 0 aliphatic heterocycles. The molecule has 5 nitrogen and oxygen atoms in total. The van der Waals surface area contributed by atoms with Crippen molar-refractivity contribution in [2.75, 3.05) is 5.32 Å². The van der Waals surface area contributed by atoms with Crippen LogP contribution in [0.15, 0.2) is 48.0 Å². The molecule has 0 fully saturated rings. The number of carbonyl (C=O) groups is 2. The lowest BCUT2D eigenvalue weighted by Gasteiger charge is -2.06. The molecule has 24 heavy (non-hydrogen) atoms. The van der Waals surface area contributed by atoms with Crippen molar-refractivity contribution in [3.05, 3.63) is 69.8 Å². The lowest BCUT2D eigenvalue weighted by Crippen LogP contribution is -2.13. The van der Waals surface area contributed by atoms with Crippen molar-refractivity contribution in [2.45, 2.75) is 6.92 Å². The monoisotopic (exact) mass is 340 g/mol. The van der Waals surface area contributed by atoms with E-state index in [1.54, 1.807) is 18.2 Å². The Hall–Kier alpha value is -3.10. The second-order valence-electron chi connectivity index (χ2n) is 5.02. The van der Waals surface area contributed by atoms with Gasteiger partial charge in [0.05, 0.1) is 5.56 Å². The van der Waals surface area contributed by atoms with E-state index in [2.05, 4.69) is 5.32 Å². The van der Waals surface area contributed by atoms with Gasteiger partial charge < -0.3 is 10.4 Å². The number of carbonyl (C=O) groups excluding carboxylic acids is 1. The number of carboxylic acids is 1. The molecule has 0 aliphatic rings. The first kappa shape index (κ1) is 17.3. The maximum Gasteiger partial charge on any atom is 0.335 e. The Balaban J connectivity index is 2.20. The number of halogens is 1. The van der Waals surface area contributed by atoms with Gasteiger partial charge in [0.2, 0.25) is 0 Å². The molecule has 2 N–H and O–H groups in total. The van der Waals surface area contributed by atoms with Crippen LogP contribution in [0.5, 0.6) is 0 Å². The third-order valence-electron chi connectivity index (χ3n) is 3.26. The van der Waals surface area contributed by atoms with Crippen LogP contribution in [0, 0.1) is 18.3 Å². The van der Waals surface area contributed by atoms with Gasteiger partial charge in [0.1, 0.15) is 11.6 Å². The van der Waals surface area contributed by atoms with E-state index < -0.39 is 11.9 Å². The highest BCUT2D eigenvalue weighted by atomic mass is 35.5. The highest BCUT2D eigenvalue weighted by Gasteiger charge is 2.10. The van der Waals surface area contributed by atoms with Gasteiger partial charge in [-0.15, -0.1) is 0 Å². The number of anilines is 1. The average molecular weight is 341 g/mol. The lowest BCUT2D eigenvalue weighted by molar-refractivity contribution is -0.112. The Morgan fingerprint density at radius 1 is 1.21 bits per heavy atom. The molecule has 0 aliphatic carbocycles. The van der Waals surface area contributed by atoms with E-state index in [-0.39, 0.29) is 11.1 Å². The number of aryl methyl sites for hydroxylation is 1. The zero-order valence-electron chi connectivity index (χ0n) is 12.7. The number of amides is 1. The number of hydrogen-bond acceptors (Lipinski definition) is 3. The fraction of sp³-hybridized carbons (Fsp3) is 0.0556. The Labute approximate surface area is 143 Å². The molecular weight excluding hydrogens is 328 g/mol. The van der Waals surface area contributed by atoms with Gasteiger partial charge in [0.25, 0.3) is 5.91 Å². The standard InChI is InChI=1S/C18H13ClN2O3/c1-11-2-7-15(9-16(11)19)21-17(22)14(10-20)8-12-3-5-13(6-4-12)18(23)24/h2-9H,1H3,(H,21,22)(H,23,24)/b14-8+. The molecule has 0 spiro atoms. The van der Waals surface area contributed by atoms with Gasteiger partial charge in [-0.25, -0.2) is 4.79 Å². The van der Waals surface area contributed by atoms with Crippen LogP contribution in [-0.2, 0) is 4.79 Å². The predicted molar refractivity (Wildman–Crippen MR) is 91.8 cm³/mol. The van der Waals surface area contributed by atoms with Crippen molar-refractivity contribution in [1.29, 1.82) is 5.26 Å². The van der Waals surface area contributed by atoms with Gasteiger partial charge in [-0.05, 0) is 48.4 Å². The molecule has 1 amide bonds. The van der Waals surface area contributed by atoms with E-state index in [1.165, 1.54) is 30.3 Å². The van der Waals surface area contributed by atoms with Gasteiger partial charge >= 0.3 is 5.97 Å². The largest absolute Gasteiger partial charge is 0.478 e. The molecule has 0 saturated carbocycles. The molecule has 120 valence electrons. The molecule has 2 aromatic carbocycles. The molecule has 0 bridgehead atoms. The highest BCUT2D eigenvalue weighted by Crippen LogP contribution is 2.20. The fourth-order valence-corrected chi connectivity index (χ4v) is 2.09. The Morgan fingerprint density at radius 2 is 1.88 bits per heavy atom. The summed E-state index contributed by atoms with van der Waals surface area (Å²) in [6.07, 6.45) is 1.39. The second-order valence-corrected chi connectivity index (χ2v) is 5.42. The third kappa shape index (κ3) is 4.22. The number of benzene rings is 2. The first-order valence-corrected chi connectivity index (χ1v) is 7.31. The number of rotatable bonds is 4. The van der Waals surface area contributed by atoms with Gasteiger partial charge in [-0.2, -0.15) is 5.26 Å². The normalized spacial score (nSPS) is 10.8. The van der Waals surface area contributed by atoms with Crippen LogP contribution in [-0.4, -0.2) is 17.0 Å². The summed E-state index contributed by atoms with van der Waals surface area (Å²) in [6, 6.07) is 12.7. The van der Waals surface area contributed by atoms with E-state index in [9.17, 15) is 14.9 Å². The number of hydrogen-bond donors (Lipinski definition) is 2. The van der Waals surface area contributed by atoms with Crippen molar-refractivity contribution in [2.24, 2.45) is 0 Å². The van der Waals surface area contributed by atoms with Crippen LogP contribution >= 0.6 is 11.6 Å². The van der Waals surface area contributed by atoms with E-state index in [1.807, 2.05) is 13.0 Å². The van der Waals surface area contributed by atoms with Crippen molar-refractivity contribution in [1.82, 2.24) is 0 Å². The number of nitrogens with one attached hydrogen (secondary N) is 1. The van der Waals surface area contributed by atoms with Crippen molar-refractivity contribution < 1.29 is 14.7 Å². The van der Waals surface area contributed by atoms with Crippen LogP contribution in [0.25, 0.3) is 6.08 Å². The summed E-state index contributed by atoms with van der Waals surface area (Å²) < 4.78 is 0. The molecule has 2 aromatic rings. The van der Waals surface area contributed by atoms with E-state index in [0.717, 1.165) is 5.56 Å². The SMILES string of the molecule is Cc1ccc(NC(=O)/C(C#N)=C/c2ccc(C(=O)O)cc2)cc1Cl. The average Bonchev–Trinajstić information content (AvgIpc) is 2.56. The minimum atomic E-state index is -1.04. The summed E-state index contributed by atoms with van der Waals surface area (Å²) in [5, 5.41) is 21.1. The number of aromatic carboxylic acids is 1. The predicted octanol–water partition coefficient (Wildman–Crippen LogP) is 3.89. The van der Waals surface area contributed by atoms with E-state index >= 15 is 0 Å². The zero-order chi connectivity index (χ0) is 17.7. The fourth-order valence-electron chi connectivity index (χ4n) is 1.91. The number of nitrogens with zero attached hydrogens (tertiary/aromatic N) is 1. The van der Waals surface area contributed by atoms with Crippen molar-refractivity contribution >= 4 is 35.2 Å². The summed E-state index contributed by atoms with van der Waals surface area (Å²) in [6.45, 7) is 1.84. The number of nitriles is 1. The second kappa shape index (κ2) is 7.44. The summed E-state index contributed by atoms with van der Waals surface area (Å²) >= 11 is 6.00. The van der Waals surface area contributed by atoms with Crippen LogP contribution in [0.1, 0.15) is 21.5 Å². The molecule has 0 aromatic heterocycles. The summed E-state index contributed by atoms with van der Waals surface area (Å²) in [5.74, 6) is -1.61. The minimum absolute atomic E-state index is 0.102. The van der Waals surface area contributed by atoms with Crippen LogP contribution in [0.4, 0.5) is 5.69 Å². The van der Waals surface area contributed by atoms with Gasteiger partial charge in [0, 0.05) is 10.7 Å². The van der Waals surface area contributed by atoms with Crippen LogP contribution in [0.3, 0.4) is 0 Å². The van der Waals surface area contributed by atoms with E-state index in [4.69, 9.17) is 16.7 Å². The van der Waals surface area contributed by atoms with Gasteiger partial charge in [0.15, 0.2) is 0 Å². The Bertz CT molecular complexity index is 865. The molecular formula is C18H13ClN2O3. The Morgan fingerprint density at radius 3 is 2.42 bits per heavy atom. The van der Waals surface area contributed by atoms with E-state index in [0.29, 0.717) is 16.3 Å². The molecule has 0 saturated heterocycles. The molecule has 0 heterocycles. The lowest BCUT2D eigenvalue weighted by atomic mass is 10.1. The maximum atomic E-state index is 12.2. The topological polar surface area (TPSA) is 90.2 Å². The zero-order valence-corrected chi connectivity index (χ0v) is 13.5. The van der Waals surface area contributed by atoms with Crippen molar-refractivity contribution in [3.8, 4) is 6.07 Å². The smallest absolute Gasteiger partial charge is 0.335 e. The molecule has 0 atom stereocenters. The highest BCUT2D eigenvalue weighted by molar-refractivity contribution is 6.31. The summed E-state index contributed by atoms with van der Waals surface area (Å²) in [7, 11) is 0. The minimum Gasteiger partial charge on any atom is -0.478 e. The van der Waals surface area contributed by atoms with Crippen LogP contribution < -0.4 is 5.32 Å². The van der Waals surface area contributed by atoms with Crippen LogP contribution in [0.2, 0.25) is 5.02 Å². The number of carboxylic acid groups (broad SMARTS) is 1. The van der Waals surface area contributed by atoms with Gasteiger partial charge in [-0.3, -0.25) is 4.79 Å². The maximum absolute atomic E-state index is 12.2. The van der Waals surface area contributed by atoms with Crippen molar-refractivity contribution in [3.63, 3.8) is 0 Å². The first-order valence-electron chi connectivity index (χ1n) is 6.93. The van der Waals surface area contributed by atoms with Gasteiger partial charge in [-0.1, -0.05) is 29.8 Å². The summed E-state index contributed by atoms with van der Waals surface area (Å²) in [5.41, 5.74) is 1.94. The molecule has 2 rings (SSSR count). The third-order valence-corrected chi connectivity index (χ3v) is 3.67. The molecule has 0 radical (unpaired) electrons. The quantitative estimate of drug-likeness (QED) is 0.652. The molecule has 6 heteroatoms. The Kier molecular flexibility index (Phi) is 5.35. The summed E-state index contributed by atoms with van der Waals surface area (Å²) in [4.78, 5) is 23.0.